The van der Waals surface area contributed by atoms with Gasteiger partial charge in [0.2, 0.25) is 0 Å². The Bertz CT molecular complexity index is 778. The highest BCUT2D eigenvalue weighted by Gasteiger charge is 2.19. The summed E-state index contributed by atoms with van der Waals surface area (Å²) in [4.78, 5) is 25.2. The predicted molar refractivity (Wildman–Crippen MR) is 97.4 cm³/mol. The standard InChI is InChI=1S/C19H27N3O2/c1-12(2)10-11-14(5)20-18(23)17-15-8-6-7-9-16(15)19(24)22(21-17)13(3)4/h6-9,12-14H,10-11H2,1-5H3,(H,20,23). The van der Waals surface area contributed by atoms with Gasteiger partial charge in [-0.05, 0) is 45.6 Å². The number of carbonyl (C=O) groups excluding carboxylic acids is 1. The van der Waals surface area contributed by atoms with Crippen LogP contribution >= 0.6 is 0 Å². The summed E-state index contributed by atoms with van der Waals surface area (Å²) in [7, 11) is 0. The molecule has 1 N–H and O–H groups in total. The fourth-order valence-electron chi connectivity index (χ4n) is 2.67. The molecule has 130 valence electrons. The Morgan fingerprint density at radius 2 is 1.71 bits per heavy atom. The molecular weight excluding hydrogens is 302 g/mol. The van der Waals surface area contributed by atoms with Gasteiger partial charge < -0.3 is 5.32 Å². The molecule has 5 nitrogen and oxygen atoms in total. The van der Waals surface area contributed by atoms with Crippen LogP contribution in [0.2, 0.25) is 0 Å². The van der Waals surface area contributed by atoms with Crippen molar-refractivity contribution in [1.82, 2.24) is 15.1 Å². The Labute approximate surface area is 143 Å². The minimum Gasteiger partial charge on any atom is -0.348 e. The number of rotatable bonds is 6. The van der Waals surface area contributed by atoms with Crippen molar-refractivity contribution < 1.29 is 4.79 Å². The van der Waals surface area contributed by atoms with Crippen LogP contribution in [-0.4, -0.2) is 21.7 Å². The van der Waals surface area contributed by atoms with E-state index in [-0.39, 0.29) is 23.6 Å². The van der Waals surface area contributed by atoms with Gasteiger partial charge in [0.05, 0.1) is 11.4 Å². The third-order valence-corrected chi connectivity index (χ3v) is 4.09. The molecule has 1 amide bonds. The Balaban J connectivity index is 2.38. The molecule has 24 heavy (non-hydrogen) atoms. The number of fused-ring (bicyclic) bond motifs is 1. The Hall–Kier alpha value is -2.17. The van der Waals surface area contributed by atoms with Gasteiger partial charge in [0.1, 0.15) is 0 Å². The van der Waals surface area contributed by atoms with Crippen LogP contribution in [0.15, 0.2) is 29.1 Å². The molecule has 0 aliphatic carbocycles. The SMILES string of the molecule is CC(C)CCC(C)NC(=O)c1nn(C(C)C)c(=O)c2ccccc12. The second-order valence-corrected chi connectivity index (χ2v) is 7.08. The minimum absolute atomic E-state index is 0.0693. The quantitative estimate of drug-likeness (QED) is 0.882. The van der Waals surface area contributed by atoms with E-state index in [0.717, 1.165) is 12.8 Å². The van der Waals surface area contributed by atoms with E-state index in [1.807, 2.05) is 26.8 Å². The number of amides is 1. The van der Waals surface area contributed by atoms with E-state index in [1.165, 1.54) is 4.68 Å². The first kappa shape index (κ1) is 18.2. The summed E-state index contributed by atoms with van der Waals surface area (Å²) in [5, 5.41) is 8.49. The van der Waals surface area contributed by atoms with Gasteiger partial charge in [-0.3, -0.25) is 9.59 Å². The number of aromatic nitrogens is 2. The Morgan fingerprint density at radius 3 is 2.29 bits per heavy atom. The summed E-state index contributed by atoms with van der Waals surface area (Å²) in [5.41, 5.74) is 0.153. The molecular formula is C19H27N3O2. The van der Waals surface area contributed by atoms with Crippen molar-refractivity contribution in [2.45, 2.75) is 59.5 Å². The van der Waals surface area contributed by atoms with Gasteiger partial charge in [-0.25, -0.2) is 4.68 Å². The molecule has 5 heteroatoms. The third kappa shape index (κ3) is 4.02. The highest BCUT2D eigenvalue weighted by atomic mass is 16.2. The van der Waals surface area contributed by atoms with Gasteiger partial charge in [0, 0.05) is 11.4 Å². The van der Waals surface area contributed by atoms with Crippen LogP contribution in [0.4, 0.5) is 0 Å². The summed E-state index contributed by atoms with van der Waals surface area (Å²) in [6.45, 7) is 10.1. The van der Waals surface area contributed by atoms with E-state index in [1.54, 1.807) is 18.2 Å². The summed E-state index contributed by atoms with van der Waals surface area (Å²) in [5.74, 6) is 0.378. The van der Waals surface area contributed by atoms with Crippen LogP contribution in [0.1, 0.15) is 64.0 Å². The number of nitrogens with zero attached hydrogens (tertiary/aromatic N) is 2. The number of hydrogen-bond acceptors (Lipinski definition) is 3. The highest BCUT2D eigenvalue weighted by molar-refractivity contribution is 6.04. The van der Waals surface area contributed by atoms with E-state index in [9.17, 15) is 9.59 Å². The summed E-state index contributed by atoms with van der Waals surface area (Å²) in [6, 6.07) is 7.12. The van der Waals surface area contributed by atoms with Gasteiger partial charge in [-0.2, -0.15) is 5.10 Å². The van der Waals surface area contributed by atoms with Crippen molar-refractivity contribution in [3.8, 4) is 0 Å². The molecule has 0 fully saturated rings. The van der Waals surface area contributed by atoms with Crippen molar-refractivity contribution in [3.05, 3.63) is 40.3 Å². The van der Waals surface area contributed by atoms with Crippen molar-refractivity contribution >= 4 is 16.7 Å². The average molecular weight is 329 g/mol. The topological polar surface area (TPSA) is 64.0 Å². The summed E-state index contributed by atoms with van der Waals surface area (Å²) < 4.78 is 1.38. The van der Waals surface area contributed by atoms with E-state index in [4.69, 9.17) is 0 Å². The maximum atomic E-state index is 12.7. The molecule has 1 heterocycles. The number of benzene rings is 1. The molecule has 1 aromatic carbocycles. The van der Waals surface area contributed by atoms with Crippen molar-refractivity contribution in [3.63, 3.8) is 0 Å². The van der Waals surface area contributed by atoms with Crippen molar-refractivity contribution in [1.29, 1.82) is 0 Å². The lowest BCUT2D eigenvalue weighted by Gasteiger charge is -2.17. The molecule has 0 aliphatic heterocycles. The van der Waals surface area contributed by atoms with E-state index >= 15 is 0 Å². The van der Waals surface area contributed by atoms with Crippen LogP contribution in [-0.2, 0) is 0 Å². The molecule has 0 bridgehead atoms. The first-order valence-corrected chi connectivity index (χ1v) is 8.63. The fourth-order valence-corrected chi connectivity index (χ4v) is 2.67. The molecule has 0 saturated heterocycles. The number of carbonyl (C=O) groups is 1. The van der Waals surface area contributed by atoms with E-state index in [2.05, 4.69) is 24.3 Å². The molecule has 0 radical (unpaired) electrons. The summed E-state index contributed by atoms with van der Waals surface area (Å²) >= 11 is 0. The Morgan fingerprint density at radius 1 is 1.08 bits per heavy atom. The lowest BCUT2D eigenvalue weighted by atomic mass is 10.0. The van der Waals surface area contributed by atoms with Crippen molar-refractivity contribution in [2.75, 3.05) is 0 Å². The molecule has 0 aliphatic rings. The van der Waals surface area contributed by atoms with Gasteiger partial charge in [-0.1, -0.05) is 32.0 Å². The lowest BCUT2D eigenvalue weighted by Crippen LogP contribution is -2.36. The average Bonchev–Trinajstić information content (AvgIpc) is 2.53. The van der Waals surface area contributed by atoms with E-state index < -0.39 is 0 Å². The molecule has 1 atom stereocenters. The van der Waals surface area contributed by atoms with Gasteiger partial charge in [0.15, 0.2) is 5.69 Å². The predicted octanol–water partition coefficient (Wildman–Crippen LogP) is 3.53. The van der Waals surface area contributed by atoms with E-state index in [0.29, 0.717) is 22.4 Å². The van der Waals surface area contributed by atoms with Crippen molar-refractivity contribution in [2.24, 2.45) is 5.92 Å². The molecule has 0 spiro atoms. The molecule has 2 aromatic rings. The van der Waals surface area contributed by atoms with Crippen LogP contribution in [0.5, 0.6) is 0 Å². The zero-order valence-electron chi connectivity index (χ0n) is 15.2. The molecule has 0 saturated carbocycles. The largest absolute Gasteiger partial charge is 0.348 e. The molecule has 2 rings (SSSR count). The number of hydrogen-bond donors (Lipinski definition) is 1. The molecule has 1 unspecified atom stereocenters. The normalized spacial score (nSPS) is 12.8. The Kier molecular flexibility index (Phi) is 5.75. The van der Waals surface area contributed by atoms with Gasteiger partial charge in [-0.15, -0.1) is 0 Å². The monoisotopic (exact) mass is 329 g/mol. The highest BCUT2D eigenvalue weighted by Crippen LogP contribution is 2.15. The first-order chi connectivity index (χ1) is 11.3. The summed E-state index contributed by atoms with van der Waals surface area (Å²) in [6.07, 6.45) is 1.98. The van der Waals surface area contributed by atoms with Gasteiger partial charge in [0.25, 0.3) is 11.5 Å². The van der Waals surface area contributed by atoms with Gasteiger partial charge >= 0.3 is 0 Å². The smallest absolute Gasteiger partial charge is 0.274 e. The maximum absolute atomic E-state index is 12.7. The fraction of sp³-hybridized carbons (Fsp3) is 0.526. The van der Waals surface area contributed by atoms with Crippen LogP contribution in [0.3, 0.4) is 0 Å². The first-order valence-electron chi connectivity index (χ1n) is 8.63. The van der Waals surface area contributed by atoms with Crippen LogP contribution in [0.25, 0.3) is 10.8 Å². The molecule has 1 aromatic heterocycles. The zero-order chi connectivity index (χ0) is 17.9. The van der Waals surface area contributed by atoms with Crippen LogP contribution in [0, 0.1) is 5.92 Å². The minimum atomic E-state index is -0.225. The maximum Gasteiger partial charge on any atom is 0.274 e. The zero-order valence-corrected chi connectivity index (χ0v) is 15.2. The second kappa shape index (κ2) is 7.60. The van der Waals surface area contributed by atoms with Crippen LogP contribution < -0.4 is 10.9 Å². The third-order valence-electron chi connectivity index (χ3n) is 4.09. The second-order valence-electron chi connectivity index (χ2n) is 7.08. The lowest BCUT2D eigenvalue weighted by molar-refractivity contribution is 0.0931. The number of nitrogens with one attached hydrogen (secondary N) is 1.